The molecule has 0 heterocycles. The maximum Gasteiger partial charge on any atom is 0.462 e. The van der Waals surface area contributed by atoms with Crippen molar-refractivity contribution in [2.45, 2.75) is 18.2 Å². The summed E-state index contributed by atoms with van der Waals surface area (Å²) in [5.74, 6) is -6.68. The first-order valence-corrected chi connectivity index (χ1v) is 4.92. The Labute approximate surface area is 82.4 Å². The molecule has 0 aromatic carbocycles. The number of hydrogen-bond donors (Lipinski definition) is 0. The van der Waals surface area contributed by atoms with E-state index in [-0.39, 0.29) is 0 Å². The minimum absolute atomic E-state index is 2.15. The van der Waals surface area contributed by atoms with Gasteiger partial charge in [0.05, 0.1) is 0 Å². The molecule has 15 heavy (non-hydrogen) atoms. The fraction of sp³-hybridized carbons (Fsp3) is 1.00. The first-order chi connectivity index (χ1) is 6.21. The molecule has 0 aliphatic carbocycles. The van der Waals surface area contributed by atoms with Gasteiger partial charge in [-0.1, -0.05) is 0 Å². The topological polar surface area (TPSA) is 43.4 Å². The second-order valence-corrected chi connectivity index (χ2v) is 4.15. The van der Waals surface area contributed by atoms with Gasteiger partial charge >= 0.3 is 27.5 Å². The van der Waals surface area contributed by atoms with Gasteiger partial charge in [-0.3, -0.25) is 0 Å². The van der Waals surface area contributed by atoms with Crippen molar-refractivity contribution < 1.29 is 43.3 Å². The zero-order chi connectivity index (χ0) is 12.7. The van der Waals surface area contributed by atoms with E-state index in [2.05, 4.69) is 14.9 Å². The number of halogens is 8. The number of alkyl halides is 7. The molecular weight excluding hydrogens is 285 g/mol. The Bertz CT molecular complexity index is 332. The summed E-state index contributed by atoms with van der Waals surface area (Å²) < 4.78 is 104. The summed E-state index contributed by atoms with van der Waals surface area (Å²) in [6.07, 6.45) is -13.0. The van der Waals surface area contributed by atoms with Gasteiger partial charge in [0.1, 0.15) is 0 Å². The molecule has 0 aliphatic rings. The normalized spacial score (nSPS) is 15.5. The molecule has 12 heteroatoms. The third-order valence-electron chi connectivity index (χ3n) is 0.926. The zero-order valence-corrected chi connectivity index (χ0v) is 7.73. The molecule has 0 unspecified atom stereocenters. The van der Waals surface area contributed by atoms with Crippen LogP contribution in [0.15, 0.2) is 0 Å². The van der Waals surface area contributed by atoms with Crippen LogP contribution in [0.2, 0.25) is 0 Å². The van der Waals surface area contributed by atoms with Gasteiger partial charge in [0.25, 0.3) is 0 Å². The predicted octanol–water partition coefficient (Wildman–Crippen LogP) is 2.28. The fourth-order valence-corrected chi connectivity index (χ4v) is 0.934. The maximum absolute atomic E-state index is 12.0. The van der Waals surface area contributed by atoms with Crippen molar-refractivity contribution >= 4 is 20.0 Å². The highest BCUT2D eigenvalue weighted by atomic mass is 35.7. The summed E-state index contributed by atoms with van der Waals surface area (Å²) in [7, 11) is -1.74. The second kappa shape index (κ2) is 3.63. The molecule has 0 aromatic heterocycles. The van der Waals surface area contributed by atoms with Crippen molar-refractivity contribution in [3.8, 4) is 0 Å². The van der Waals surface area contributed by atoms with Crippen LogP contribution in [0.25, 0.3) is 0 Å². The third-order valence-corrected chi connectivity index (χ3v) is 1.52. The lowest BCUT2D eigenvalue weighted by Gasteiger charge is -2.25. The number of hydrogen-bond acceptors (Lipinski definition) is 3. The lowest BCUT2D eigenvalue weighted by molar-refractivity contribution is -0.401. The first-order valence-electron chi connectivity index (χ1n) is 2.68. The molecule has 0 aliphatic heterocycles. The van der Waals surface area contributed by atoms with Crippen LogP contribution in [-0.4, -0.2) is 26.6 Å². The van der Waals surface area contributed by atoms with Gasteiger partial charge in [0.15, 0.2) is 0 Å². The highest BCUT2D eigenvalue weighted by molar-refractivity contribution is 8.10. The van der Waals surface area contributed by atoms with Crippen LogP contribution in [0.1, 0.15) is 0 Å². The van der Waals surface area contributed by atoms with Gasteiger partial charge in [-0.05, 0) is 0 Å². The highest BCUT2D eigenvalue weighted by Gasteiger charge is 2.75. The molecule has 0 bridgehead atoms. The Morgan fingerprint density at radius 1 is 0.933 bits per heavy atom. The Hall–Kier alpha value is -0.290. The molecule has 0 rings (SSSR count). The smallest absolute Gasteiger partial charge is 0.186 e. The molecule has 0 fully saturated rings. The second-order valence-electron chi connectivity index (χ2n) is 2.07. The minimum atomic E-state index is -6.68. The maximum atomic E-state index is 12.0. The van der Waals surface area contributed by atoms with Crippen LogP contribution >= 0.6 is 10.7 Å². The molecule has 92 valence electrons. The zero-order valence-electron chi connectivity index (χ0n) is 6.16. The van der Waals surface area contributed by atoms with Crippen molar-refractivity contribution in [2.75, 3.05) is 0 Å². The molecule has 0 N–H and O–H groups in total. The van der Waals surface area contributed by atoms with E-state index >= 15 is 0 Å². The van der Waals surface area contributed by atoms with Crippen molar-refractivity contribution in [1.82, 2.24) is 0 Å². The van der Waals surface area contributed by atoms with Crippen molar-refractivity contribution in [2.24, 2.45) is 0 Å². The summed E-state index contributed by atoms with van der Waals surface area (Å²) in [6.45, 7) is 0. The van der Waals surface area contributed by atoms with Gasteiger partial charge in [0.2, 0.25) is 0 Å². The quantitative estimate of drug-likeness (QED) is 0.590. The molecule has 0 spiro atoms. The molecule has 0 radical (unpaired) electrons. The van der Waals surface area contributed by atoms with E-state index < -0.39 is 27.5 Å². The summed E-state index contributed by atoms with van der Waals surface area (Å²) in [4.78, 5) is 0. The van der Waals surface area contributed by atoms with Crippen LogP contribution in [-0.2, 0) is 13.5 Å². The van der Waals surface area contributed by atoms with Crippen LogP contribution in [0.5, 0.6) is 0 Å². The van der Waals surface area contributed by atoms with E-state index in [4.69, 9.17) is 0 Å². The van der Waals surface area contributed by atoms with Crippen LogP contribution < -0.4 is 0 Å². The van der Waals surface area contributed by atoms with Crippen LogP contribution in [0.3, 0.4) is 0 Å². The van der Waals surface area contributed by atoms with E-state index in [0.29, 0.717) is 0 Å². The van der Waals surface area contributed by atoms with E-state index in [1.54, 1.807) is 0 Å². The van der Waals surface area contributed by atoms with Crippen molar-refractivity contribution in [1.29, 1.82) is 0 Å². The van der Waals surface area contributed by atoms with Crippen LogP contribution in [0, 0.1) is 0 Å². The monoisotopic (exact) mass is 284 g/mol. The molecule has 0 atom stereocenters. The lowest BCUT2D eigenvalue weighted by Crippen LogP contribution is -2.53. The fourth-order valence-electron chi connectivity index (χ4n) is 0.342. The van der Waals surface area contributed by atoms with E-state index in [9.17, 15) is 39.2 Å². The predicted molar refractivity (Wildman–Crippen MR) is 31.8 cm³/mol. The Morgan fingerprint density at radius 3 is 1.47 bits per heavy atom. The van der Waals surface area contributed by atoms with Gasteiger partial charge < -0.3 is 0 Å². The Morgan fingerprint density at radius 2 is 1.27 bits per heavy atom. The Kier molecular flexibility index (Phi) is 3.56. The SMILES string of the molecule is O=S(=O)(Cl)OC(F)(F)C(F)(F)C(F)(F)F. The standard InChI is InChI=1S/C3ClF7O3S/c4-15(12,13)14-3(10,11)1(5,6)2(7,8)9. The lowest BCUT2D eigenvalue weighted by atomic mass is 10.3. The first kappa shape index (κ1) is 14.7. The highest BCUT2D eigenvalue weighted by Crippen LogP contribution is 2.47. The third kappa shape index (κ3) is 3.34. The molecule has 3 nitrogen and oxygen atoms in total. The van der Waals surface area contributed by atoms with Crippen molar-refractivity contribution in [3.63, 3.8) is 0 Å². The summed E-state index contributed by atoms with van der Waals surface area (Å²) in [5.41, 5.74) is 0. The van der Waals surface area contributed by atoms with Crippen molar-refractivity contribution in [3.05, 3.63) is 0 Å². The van der Waals surface area contributed by atoms with Crippen LogP contribution in [0.4, 0.5) is 30.7 Å². The van der Waals surface area contributed by atoms with E-state index in [0.717, 1.165) is 0 Å². The average molecular weight is 285 g/mol. The average Bonchev–Trinajstić information content (AvgIpc) is 1.77. The molecule has 0 saturated heterocycles. The molecule has 0 amide bonds. The minimum Gasteiger partial charge on any atom is -0.186 e. The molecule has 0 aromatic rings. The largest absolute Gasteiger partial charge is 0.462 e. The molecule has 0 saturated carbocycles. The number of rotatable bonds is 3. The summed E-state index contributed by atoms with van der Waals surface area (Å²) >= 11 is 0. The molecular formula is C3ClF7O3S. The van der Waals surface area contributed by atoms with E-state index in [1.165, 1.54) is 0 Å². The van der Waals surface area contributed by atoms with Gasteiger partial charge in [-0.2, -0.15) is 43.3 Å². The van der Waals surface area contributed by atoms with Gasteiger partial charge in [-0.15, -0.1) is 0 Å². The van der Waals surface area contributed by atoms with E-state index in [1.807, 2.05) is 0 Å². The van der Waals surface area contributed by atoms with Gasteiger partial charge in [-0.25, -0.2) is 0 Å². The van der Waals surface area contributed by atoms with Gasteiger partial charge in [0, 0.05) is 10.7 Å². The Balaban J connectivity index is 5.21. The summed E-state index contributed by atoms with van der Waals surface area (Å²) in [5, 5.41) is 0. The summed E-state index contributed by atoms with van der Waals surface area (Å²) in [6, 6.07) is 0.